The second kappa shape index (κ2) is 9.69. The molecule has 0 N–H and O–H groups in total. The van der Waals surface area contributed by atoms with Crippen molar-refractivity contribution in [3.63, 3.8) is 0 Å². The van der Waals surface area contributed by atoms with Gasteiger partial charge in [0.15, 0.2) is 5.82 Å². The van der Waals surface area contributed by atoms with Gasteiger partial charge in [0.1, 0.15) is 0 Å². The summed E-state index contributed by atoms with van der Waals surface area (Å²) in [5.41, 5.74) is 7.88. The summed E-state index contributed by atoms with van der Waals surface area (Å²) < 4.78 is 0. The number of hydrogen-bond donors (Lipinski definition) is 0. The molecule has 0 spiro atoms. The minimum absolute atomic E-state index is 0.756. The monoisotopic (exact) mass is 582 g/mol. The second-order valence-electron chi connectivity index (χ2n) is 12.1. The molecule has 0 saturated carbocycles. The topological polar surface area (TPSA) is 25.8 Å². The predicted octanol–water partition coefficient (Wildman–Crippen LogP) is 11.8. The lowest BCUT2D eigenvalue weighted by Gasteiger charge is -2.19. The lowest BCUT2D eigenvalue weighted by molar-refractivity contribution is 1.27. The fourth-order valence-corrected chi connectivity index (χ4v) is 7.55. The summed E-state index contributed by atoms with van der Waals surface area (Å²) in [6, 6.07) is 56.8. The summed E-state index contributed by atoms with van der Waals surface area (Å²) in [4.78, 5) is 10.5. The molecule has 1 heterocycles. The van der Waals surface area contributed by atoms with Gasteiger partial charge in [-0.2, -0.15) is 0 Å². The Hall–Kier alpha value is -6.12. The van der Waals surface area contributed by atoms with E-state index in [4.69, 9.17) is 9.97 Å². The number of hydrogen-bond acceptors (Lipinski definition) is 2. The summed E-state index contributed by atoms with van der Waals surface area (Å²) >= 11 is 0. The van der Waals surface area contributed by atoms with Crippen LogP contribution in [0.5, 0.6) is 0 Å². The standard InChI is InChI=1S/C44H26N2/c1-4-16-30-27(10-1)13-7-19-33(30)38-26-39(34-20-8-14-28-11-2-5-17-31(28)34)36-23-25-41-43-40(24-22-35(38)42(36)43)45-44(46-41)37-21-9-15-29-12-3-6-18-32(29)37/h1-26H. The van der Waals surface area contributed by atoms with E-state index in [-0.39, 0.29) is 0 Å². The maximum absolute atomic E-state index is 5.24. The van der Waals surface area contributed by atoms with Gasteiger partial charge >= 0.3 is 0 Å². The molecule has 2 heteroatoms. The highest BCUT2D eigenvalue weighted by Crippen LogP contribution is 2.46. The zero-order valence-electron chi connectivity index (χ0n) is 24.9. The molecule has 46 heavy (non-hydrogen) atoms. The van der Waals surface area contributed by atoms with Gasteiger partial charge in [-0.3, -0.25) is 0 Å². The van der Waals surface area contributed by atoms with Crippen LogP contribution < -0.4 is 0 Å². The van der Waals surface area contributed by atoms with E-state index in [0.717, 1.165) is 33.2 Å². The van der Waals surface area contributed by atoms with E-state index in [1.165, 1.54) is 65.3 Å². The Labute approximate surface area is 265 Å². The van der Waals surface area contributed by atoms with Gasteiger partial charge in [-0.1, -0.05) is 140 Å². The number of benzene rings is 9. The van der Waals surface area contributed by atoms with Gasteiger partial charge in [0.2, 0.25) is 0 Å². The highest BCUT2D eigenvalue weighted by Gasteiger charge is 2.20. The normalized spacial score (nSPS) is 11.9. The number of rotatable bonds is 3. The molecule has 0 saturated heterocycles. The Morgan fingerprint density at radius 3 is 1.20 bits per heavy atom. The van der Waals surface area contributed by atoms with Crippen molar-refractivity contribution in [1.82, 2.24) is 9.97 Å². The Morgan fingerprint density at radius 1 is 0.283 bits per heavy atom. The quantitative estimate of drug-likeness (QED) is 0.194. The third kappa shape index (κ3) is 3.65. The SMILES string of the molecule is c1ccc2c(-c3nc4ccc5c(-c6cccc7ccccc67)cc(-c6cccc7ccccc67)c6ccc(n3)c4c56)cccc2c1. The predicted molar refractivity (Wildman–Crippen MR) is 195 cm³/mol. The van der Waals surface area contributed by atoms with Crippen molar-refractivity contribution >= 4 is 64.9 Å². The van der Waals surface area contributed by atoms with Crippen LogP contribution in [0, 0.1) is 0 Å². The molecule has 212 valence electrons. The smallest absolute Gasteiger partial charge is 0.161 e. The van der Waals surface area contributed by atoms with Crippen LogP contribution in [-0.4, -0.2) is 9.97 Å². The molecule has 10 aromatic rings. The summed E-state index contributed by atoms with van der Waals surface area (Å²) in [5, 5.41) is 12.1. The van der Waals surface area contributed by atoms with Crippen LogP contribution in [0.1, 0.15) is 0 Å². The Balaban J connectivity index is 1.34. The molecule has 0 unspecified atom stereocenters. The first-order valence-corrected chi connectivity index (χ1v) is 15.8. The van der Waals surface area contributed by atoms with Crippen LogP contribution in [0.15, 0.2) is 158 Å². The molecule has 0 fully saturated rings. The zero-order valence-corrected chi connectivity index (χ0v) is 24.9. The van der Waals surface area contributed by atoms with Crippen molar-refractivity contribution in [3.8, 4) is 33.6 Å². The summed E-state index contributed by atoms with van der Waals surface area (Å²) in [5.74, 6) is 0.756. The van der Waals surface area contributed by atoms with Crippen molar-refractivity contribution in [2.45, 2.75) is 0 Å². The molecule has 0 atom stereocenters. The van der Waals surface area contributed by atoms with Gasteiger partial charge in [-0.05, 0) is 83.5 Å². The van der Waals surface area contributed by atoms with Crippen LogP contribution in [0.3, 0.4) is 0 Å². The first-order valence-electron chi connectivity index (χ1n) is 15.8. The van der Waals surface area contributed by atoms with Gasteiger partial charge in [-0.15, -0.1) is 0 Å². The van der Waals surface area contributed by atoms with Crippen LogP contribution in [0.4, 0.5) is 0 Å². The molecule has 0 aliphatic carbocycles. The Kier molecular flexibility index (Phi) is 5.31. The molecule has 0 aliphatic rings. The van der Waals surface area contributed by atoms with Gasteiger partial charge < -0.3 is 0 Å². The van der Waals surface area contributed by atoms with E-state index in [1.54, 1.807) is 0 Å². The van der Waals surface area contributed by atoms with Gasteiger partial charge in [0.25, 0.3) is 0 Å². The molecule has 10 rings (SSSR count). The molecular weight excluding hydrogens is 556 g/mol. The first-order chi connectivity index (χ1) is 22.8. The van der Waals surface area contributed by atoms with Crippen LogP contribution in [0.2, 0.25) is 0 Å². The second-order valence-corrected chi connectivity index (χ2v) is 12.1. The van der Waals surface area contributed by atoms with E-state index in [2.05, 4.69) is 158 Å². The van der Waals surface area contributed by atoms with E-state index >= 15 is 0 Å². The molecule has 0 aliphatic heterocycles. The van der Waals surface area contributed by atoms with E-state index in [9.17, 15) is 0 Å². The van der Waals surface area contributed by atoms with Crippen molar-refractivity contribution in [3.05, 3.63) is 158 Å². The van der Waals surface area contributed by atoms with Crippen molar-refractivity contribution in [2.24, 2.45) is 0 Å². The van der Waals surface area contributed by atoms with Crippen LogP contribution >= 0.6 is 0 Å². The molecule has 0 amide bonds. The number of nitrogens with zero attached hydrogens (tertiary/aromatic N) is 2. The third-order valence-electron chi connectivity index (χ3n) is 9.63. The first kappa shape index (κ1) is 25.2. The lowest BCUT2D eigenvalue weighted by Crippen LogP contribution is -1.97. The zero-order chi connectivity index (χ0) is 30.2. The molecule has 9 aromatic carbocycles. The van der Waals surface area contributed by atoms with Gasteiger partial charge in [0.05, 0.1) is 11.0 Å². The fraction of sp³-hybridized carbons (Fsp3) is 0. The number of aromatic nitrogens is 2. The Bertz CT molecular complexity index is 2650. The van der Waals surface area contributed by atoms with Gasteiger partial charge in [0, 0.05) is 16.3 Å². The fourth-order valence-electron chi connectivity index (χ4n) is 7.55. The third-order valence-corrected chi connectivity index (χ3v) is 9.63. The van der Waals surface area contributed by atoms with Crippen molar-refractivity contribution in [2.75, 3.05) is 0 Å². The van der Waals surface area contributed by atoms with E-state index < -0.39 is 0 Å². The summed E-state index contributed by atoms with van der Waals surface area (Å²) in [6.07, 6.45) is 0. The lowest BCUT2D eigenvalue weighted by atomic mass is 9.85. The molecule has 0 bridgehead atoms. The minimum atomic E-state index is 0.756. The molecule has 2 nitrogen and oxygen atoms in total. The highest BCUT2D eigenvalue weighted by atomic mass is 14.9. The largest absolute Gasteiger partial charge is 0.228 e. The van der Waals surface area contributed by atoms with E-state index in [1.807, 2.05) is 0 Å². The average molecular weight is 583 g/mol. The summed E-state index contributed by atoms with van der Waals surface area (Å²) in [6.45, 7) is 0. The van der Waals surface area contributed by atoms with Crippen LogP contribution in [-0.2, 0) is 0 Å². The molecular formula is C44H26N2. The molecule has 0 radical (unpaired) electrons. The number of fused-ring (bicyclic) bond motifs is 3. The highest BCUT2D eigenvalue weighted by molar-refractivity contribution is 6.28. The Morgan fingerprint density at radius 2 is 0.696 bits per heavy atom. The molecule has 1 aromatic heterocycles. The summed E-state index contributed by atoms with van der Waals surface area (Å²) in [7, 11) is 0. The maximum atomic E-state index is 5.24. The van der Waals surface area contributed by atoms with Gasteiger partial charge in [-0.25, -0.2) is 9.97 Å². The van der Waals surface area contributed by atoms with Crippen molar-refractivity contribution in [1.29, 1.82) is 0 Å². The average Bonchev–Trinajstić information content (AvgIpc) is 3.12. The van der Waals surface area contributed by atoms with Crippen molar-refractivity contribution < 1.29 is 0 Å². The van der Waals surface area contributed by atoms with E-state index in [0.29, 0.717) is 0 Å². The maximum Gasteiger partial charge on any atom is 0.161 e. The van der Waals surface area contributed by atoms with Crippen LogP contribution in [0.25, 0.3) is 98.5 Å². The minimum Gasteiger partial charge on any atom is -0.228 e.